The smallest absolute Gasteiger partial charge is 0.202 e. The monoisotopic (exact) mass is 228 g/mol. The quantitative estimate of drug-likeness (QED) is 0.827. The van der Waals surface area contributed by atoms with E-state index in [0.717, 1.165) is 23.9 Å². The maximum atomic E-state index is 5.66. The lowest BCUT2D eigenvalue weighted by Crippen LogP contribution is -2.19. The van der Waals surface area contributed by atoms with Crippen molar-refractivity contribution in [3.63, 3.8) is 0 Å². The molecule has 86 valence electrons. The predicted molar refractivity (Wildman–Crippen MR) is 65.4 cm³/mol. The molecule has 5 heteroatoms. The van der Waals surface area contributed by atoms with E-state index in [2.05, 4.69) is 35.4 Å². The Morgan fingerprint density at radius 3 is 2.60 bits per heavy atom. The van der Waals surface area contributed by atoms with Gasteiger partial charge in [-0.2, -0.15) is 4.37 Å². The first-order valence-corrected chi connectivity index (χ1v) is 6.00. The molecule has 1 unspecified atom stereocenters. The second-order valence-corrected chi connectivity index (χ2v) is 5.62. The molecule has 1 atom stereocenters. The number of aromatic nitrogens is 2. The van der Waals surface area contributed by atoms with Gasteiger partial charge >= 0.3 is 0 Å². The van der Waals surface area contributed by atoms with Gasteiger partial charge in [-0.05, 0) is 13.3 Å². The molecule has 0 spiro atoms. The SMILES string of the molecule is CC(N)CCNc1nc(C(C)(C)C)ns1. The molecule has 0 aliphatic carbocycles. The molecule has 0 saturated carbocycles. The Morgan fingerprint density at radius 1 is 1.47 bits per heavy atom. The van der Waals surface area contributed by atoms with Gasteiger partial charge in [0, 0.05) is 29.5 Å². The first kappa shape index (κ1) is 12.4. The molecule has 3 N–H and O–H groups in total. The molecule has 0 radical (unpaired) electrons. The van der Waals surface area contributed by atoms with Crippen molar-refractivity contribution in [3.05, 3.63) is 5.82 Å². The molecule has 1 aromatic rings. The van der Waals surface area contributed by atoms with E-state index in [4.69, 9.17) is 5.73 Å². The molecule has 0 fully saturated rings. The van der Waals surface area contributed by atoms with Gasteiger partial charge in [-0.25, -0.2) is 4.98 Å². The largest absolute Gasteiger partial charge is 0.360 e. The minimum Gasteiger partial charge on any atom is -0.360 e. The molecule has 0 bridgehead atoms. The van der Waals surface area contributed by atoms with E-state index in [-0.39, 0.29) is 11.5 Å². The molecule has 1 heterocycles. The molecule has 0 aliphatic rings. The van der Waals surface area contributed by atoms with Crippen LogP contribution in [0.5, 0.6) is 0 Å². The number of nitrogens with zero attached hydrogens (tertiary/aromatic N) is 2. The van der Waals surface area contributed by atoms with Gasteiger partial charge in [0.1, 0.15) is 5.82 Å². The fourth-order valence-electron chi connectivity index (χ4n) is 1.01. The van der Waals surface area contributed by atoms with Crippen LogP contribution < -0.4 is 11.1 Å². The summed E-state index contributed by atoms with van der Waals surface area (Å²) in [5.41, 5.74) is 5.68. The summed E-state index contributed by atoms with van der Waals surface area (Å²) in [4.78, 5) is 4.43. The number of hydrogen-bond donors (Lipinski definition) is 2. The Morgan fingerprint density at radius 2 is 2.13 bits per heavy atom. The fraction of sp³-hybridized carbons (Fsp3) is 0.800. The van der Waals surface area contributed by atoms with E-state index in [1.807, 2.05) is 6.92 Å². The first-order valence-electron chi connectivity index (χ1n) is 5.23. The summed E-state index contributed by atoms with van der Waals surface area (Å²) in [6.45, 7) is 9.20. The van der Waals surface area contributed by atoms with E-state index in [1.165, 1.54) is 11.5 Å². The van der Waals surface area contributed by atoms with E-state index in [0.29, 0.717) is 0 Å². The van der Waals surface area contributed by atoms with E-state index in [1.54, 1.807) is 0 Å². The van der Waals surface area contributed by atoms with Gasteiger partial charge < -0.3 is 11.1 Å². The number of hydrogen-bond acceptors (Lipinski definition) is 5. The normalized spacial score (nSPS) is 13.9. The molecular weight excluding hydrogens is 208 g/mol. The number of anilines is 1. The molecule has 1 rings (SSSR count). The Balaban J connectivity index is 2.47. The van der Waals surface area contributed by atoms with Crippen LogP contribution in [0.25, 0.3) is 0 Å². The topological polar surface area (TPSA) is 63.8 Å². The number of nitrogens with two attached hydrogens (primary N) is 1. The van der Waals surface area contributed by atoms with Crippen molar-refractivity contribution in [2.45, 2.75) is 45.6 Å². The maximum Gasteiger partial charge on any atom is 0.202 e. The third-order valence-corrected chi connectivity index (χ3v) is 2.65. The second-order valence-electron chi connectivity index (χ2n) is 4.87. The van der Waals surface area contributed by atoms with Crippen molar-refractivity contribution in [1.29, 1.82) is 0 Å². The Labute approximate surface area is 95.5 Å². The van der Waals surface area contributed by atoms with Crippen LogP contribution in [0.4, 0.5) is 5.13 Å². The van der Waals surface area contributed by atoms with Crippen molar-refractivity contribution in [3.8, 4) is 0 Å². The van der Waals surface area contributed by atoms with Crippen molar-refractivity contribution < 1.29 is 0 Å². The van der Waals surface area contributed by atoms with Crippen LogP contribution in [-0.2, 0) is 5.41 Å². The van der Waals surface area contributed by atoms with E-state index >= 15 is 0 Å². The summed E-state index contributed by atoms with van der Waals surface area (Å²) in [6, 6.07) is 0.229. The van der Waals surface area contributed by atoms with Crippen molar-refractivity contribution in [2.75, 3.05) is 11.9 Å². The summed E-state index contributed by atoms with van der Waals surface area (Å²) in [6.07, 6.45) is 0.949. The highest BCUT2D eigenvalue weighted by Crippen LogP contribution is 2.22. The number of nitrogens with one attached hydrogen (secondary N) is 1. The highest BCUT2D eigenvalue weighted by atomic mass is 32.1. The lowest BCUT2D eigenvalue weighted by Gasteiger charge is -2.12. The highest BCUT2D eigenvalue weighted by Gasteiger charge is 2.19. The zero-order chi connectivity index (χ0) is 11.5. The molecule has 4 nitrogen and oxygen atoms in total. The molecule has 0 saturated heterocycles. The molecule has 0 amide bonds. The Hall–Kier alpha value is -0.680. The lowest BCUT2D eigenvalue weighted by atomic mass is 9.96. The van der Waals surface area contributed by atoms with Gasteiger partial charge in [0.05, 0.1) is 0 Å². The molecular formula is C10H20N4S. The summed E-state index contributed by atoms with van der Waals surface area (Å²) < 4.78 is 4.32. The van der Waals surface area contributed by atoms with Crippen molar-refractivity contribution in [2.24, 2.45) is 5.73 Å². The van der Waals surface area contributed by atoms with Crippen LogP contribution in [0.1, 0.15) is 39.9 Å². The number of rotatable bonds is 4. The lowest BCUT2D eigenvalue weighted by molar-refractivity contribution is 0.555. The Kier molecular flexibility index (Phi) is 4.04. The summed E-state index contributed by atoms with van der Waals surface area (Å²) in [5.74, 6) is 0.899. The van der Waals surface area contributed by atoms with Gasteiger partial charge in [0.15, 0.2) is 0 Å². The van der Waals surface area contributed by atoms with Crippen molar-refractivity contribution in [1.82, 2.24) is 9.36 Å². The zero-order valence-electron chi connectivity index (χ0n) is 9.87. The molecule has 1 aromatic heterocycles. The average Bonchev–Trinajstić information content (AvgIpc) is 2.51. The molecule has 0 aromatic carbocycles. The van der Waals surface area contributed by atoms with Gasteiger partial charge in [-0.3, -0.25) is 0 Å². The van der Waals surface area contributed by atoms with Gasteiger partial charge in [0.25, 0.3) is 0 Å². The van der Waals surface area contributed by atoms with E-state index in [9.17, 15) is 0 Å². The van der Waals surface area contributed by atoms with Crippen LogP contribution in [0.15, 0.2) is 0 Å². The van der Waals surface area contributed by atoms with Gasteiger partial charge in [-0.1, -0.05) is 20.8 Å². The zero-order valence-corrected chi connectivity index (χ0v) is 10.7. The highest BCUT2D eigenvalue weighted by molar-refractivity contribution is 7.09. The Bertz CT molecular complexity index is 301. The van der Waals surface area contributed by atoms with Gasteiger partial charge in [0.2, 0.25) is 5.13 Å². The van der Waals surface area contributed by atoms with Gasteiger partial charge in [-0.15, -0.1) is 0 Å². The average molecular weight is 228 g/mol. The first-order chi connectivity index (χ1) is 6.89. The fourth-order valence-corrected chi connectivity index (χ4v) is 1.79. The third-order valence-electron chi connectivity index (χ3n) is 1.97. The summed E-state index contributed by atoms with van der Waals surface area (Å²) in [7, 11) is 0. The maximum absolute atomic E-state index is 5.66. The predicted octanol–water partition coefficient (Wildman–Crippen LogP) is 1.98. The van der Waals surface area contributed by atoms with E-state index < -0.39 is 0 Å². The van der Waals surface area contributed by atoms with Crippen molar-refractivity contribution >= 4 is 16.7 Å². The van der Waals surface area contributed by atoms with Crippen LogP contribution in [-0.4, -0.2) is 21.9 Å². The van der Waals surface area contributed by atoms with Crippen LogP contribution >= 0.6 is 11.5 Å². The third kappa shape index (κ3) is 4.13. The minimum absolute atomic E-state index is 0.0254. The summed E-state index contributed by atoms with van der Waals surface area (Å²) in [5, 5.41) is 4.12. The second kappa shape index (κ2) is 4.90. The molecule has 15 heavy (non-hydrogen) atoms. The standard InChI is InChI=1S/C10H20N4S/c1-7(11)5-6-12-9-13-8(14-15-9)10(2,3)4/h7H,5-6,11H2,1-4H3,(H,12,13,14). The minimum atomic E-state index is 0.0254. The van der Waals surface area contributed by atoms with Crippen LogP contribution in [0.2, 0.25) is 0 Å². The summed E-state index contributed by atoms with van der Waals surface area (Å²) >= 11 is 1.42. The van der Waals surface area contributed by atoms with Crippen LogP contribution in [0.3, 0.4) is 0 Å². The molecule has 0 aliphatic heterocycles. The van der Waals surface area contributed by atoms with Crippen LogP contribution in [0, 0.1) is 0 Å².